The Balaban J connectivity index is 2.47. The third-order valence-corrected chi connectivity index (χ3v) is 2.89. The molecule has 16 heavy (non-hydrogen) atoms. The van der Waals surface area contributed by atoms with E-state index in [0.29, 0.717) is 5.69 Å². The average Bonchev–Trinajstić information content (AvgIpc) is 2.83. The largest absolute Gasteiger partial charge is 0.477 e. The van der Waals surface area contributed by atoms with Gasteiger partial charge in [-0.25, -0.2) is 9.48 Å². The minimum absolute atomic E-state index is 0.0324. The molecule has 1 N–H and O–H groups in total. The van der Waals surface area contributed by atoms with Crippen LogP contribution < -0.4 is 0 Å². The fourth-order valence-electron chi connectivity index (χ4n) is 1.32. The fourth-order valence-corrected chi connectivity index (χ4v) is 2.00. The fraction of sp³-hybridized carbons (Fsp3) is 0.100. The first-order chi connectivity index (χ1) is 7.72. The number of hydrogen-bond acceptors (Lipinski definition) is 4. The van der Waals surface area contributed by atoms with Gasteiger partial charge in [-0.3, -0.25) is 0 Å². The molecule has 6 heteroatoms. The maximum atomic E-state index is 10.9. The van der Waals surface area contributed by atoms with Gasteiger partial charge in [-0.2, -0.15) is 10.4 Å². The van der Waals surface area contributed by atoms with E-state index >= 15 is 0 Å². The second-order valence-corrected chi connectivity index (χ2v) is 3.96. The number of hydrogen-bond donors (Lipinski definition) is 1. The van der Waals surface area contributed by atoms with Crippen LogP contribution in [0.4, 0.5) is 0 Å². The molecule has 2 aromatic heterocycles. The number of rotatable bonds is 3. The number of carboxylic acid groups (broad SMARTS) is 1. The van der Waals surface area contributed by atoms with Crippen molar-refractivity contribution in [3.63, 3.8) is 0 Å². The SMILES string of the molecule is N#CCn1nc(-c2cccs2)cc1C(=O)O. The predicted molar refractivity (Wildman–Crippen MR) is 58.1 cm³/mol. The van der Waals surface area contributed by atoms with Crippen LogP contribution in [0.1, 0.15) is 10.5 Å². The van der Waals surface area contributed by atoms with Gasteiger partial charge in [0.05, 0.1) is 10.9 Å². The number of aromatic nitrogens is 2. The summed E-state index contributed by atoms with van der Waals surface area (Å²) in [4.78, 5) is 11.8. The quantitative estimate of drug-likeness (QED) is 0.877. The predicted octanol–water partition coefficient (Wildman–Crippen LogP) is 1.83. The van der Waals surface area contributed by atoms with Crippen LogP contribution in [0.2, 0.25) is 0 Å². The van der Waals surface area contributed by atoms with E-state index in [0.717, 1.165) is 4.88 Å². The van der Waals surface area contributed by atoms with Crippen molar-refractivity contribution in [2.75, 3.05) is 0 Å². The zero-order valence-corrected chi connectivity index (χ0v) is 8.94. The van der Waals surface area contributed by atoms with Crippen LogP contribution in [0.3, 0.4) is 0 Å². The van der Waals surface area contributed by atoms with E-state index in [1.165, 1.54) is 22.1 Å². The lowest BCUT2D eigenvalue weighted by Crippen LogP contribution is -2.08. The molecule has 0 unspecified atom stereocenters. The van der Waals surface area contributed by atoms with E-state index in [9.17, 15) is 4.79 Å². The molecule has 0 aliphatic heterocycles. The Morgan fingerprint density at radius 1 is 1.69 bits per heavy atom. The van der Waals surface area contributed by atoms with E-state index in [-0.39, 0.29) is 12.2 Å². The second kappa shape index (κ2) is 4.16. The molecule has 0 aromatic carbocycles. The van der Waals surface area contributed by atoms with Crippen LogP contribution in [-0.2, 0) is 6.54 Å². The summed E-state index contributed by atoms with van der Waals surface area (Å²) in [6.07, 6.45) is 0. The first-order valence-electron chi connectivity index (χ1n) is 4.44. The first kappa shape index (κ1) is 10.4. The molecule has 0 aliphatic carbocycles. The Bertz CT molecular complexity index is 551. The van der Waals surface area contributed by atoms with Gasteiger partial charge in [0.25, 0.3) is 0 Å². The lowest BCUT2D eigenvalue weighted by molar-refractivity contribution is 0.0684. The first-order valence-corrected chi connectivity index (χ1v) is 5.32. The van der Waals surface area contributed by atoms with Gasteiger partial charge in [0.1, 0.15) is 17.9 Å². The summed E-state index contributed by atoms with van der Waals surface area (Å²) in [5, 5.41) is 23.5. The third-order valence-electron chi connectivity index (χ3n) is 1.99. The Hall–Kier alpha value is -2.13. The van der Waals surface area contributed by atoms with Crippen LogP contribution >= 0.6 is 11.3 Å². The van der Waals surface area contributed by atoms with E-state index in [1.807, 2.05) is 23.6 Å². The van der Waals surface area contributed by atoms with Crippen molar-refractivity contribution in [2.45, 2.75) is 6.54 Å². The van der Waals surface area contributed by atoms with Gasteiger partial charge in [-0.15, -0.1) is 11.3 Å². The van der Waals surface area contributed by atoms with E-state index in [1.54, 1.807) is 0 Å². The minimum Gasteiger partial charge on any atom is -0.477 e. The van der Waals surface area contributed by atoms with Gasteiger partial charge in [0.15, 0.2) is 0 Å². The monoisotopic (exact) mass is 233 g/mol. The molecule has 0 atom stereocenters. The van der Waals surface area contributed by atoms with Gasteiger partial charge in [-0.05, 0) is 17.5 Å². The molecule has 2 heterocycles. The summed E-state index contributed by atoms with van der Waals surface area (Å²) in [6, 6.07) is 7.08. The molecule has 0 saturated heterocycles. The molecular formula is C10H7N3O2S. The minimum atomic E-state index is -1.08. The van der Waals surface area contributed by atoms with Crippen molar-refractivity contribution in [3.8, 4) is 16.6 Å². The highest BCUT2D eigenvalue weighted by molar-refractivity contribution is 7.13. The molecular weight excluding hydrogens is 226 g/mol. The van der Waals surface area contributed by atoms with Crippen molar-refractivity contribution in [2.24, 2.45) is 0 Å². The highest BCUT2D eigenvalue weighted by Crippen LogP contribution is 2.24. The molecule has 0 saturated carbocycles. The number of nitriles is 1. The summed E-state index contributed by atoms with van der Waals surface area (Å²) in [7, 11) is 0. The maximum Gasteiger partial charge on any atom is 0.354 e. The van der Waals surface area contributed by atoms with Crippen LogP contribution in [0.15, 0.2) is 23.6 Å². The van der Waals surface area contributed by atoms with Crippen LogP contribution in [-0.4, -0.2) is 20.9 Å². The average molecular weight is 233 g/mol. The van der Waals surface area contributed by atoms with E-state index in [4.69, 9.17) is 10.4 Å². The Labute approximate surface area is 95.2 Å². The summed E-state index contributed by atoms with van der Waals surface area (Å²) in [5.74, 6) is -1.08. The molecule has 0 radical (unpaired) electrons. The van der Waals surface area contributed by atoms with Crippen LogP contribution in [0.25, 0.3) is 10.6 Å². The molecule has 80 valence electrons. The van der Waals surface area contributed by atoms with E-state index < -0.39 is 5.97 Å². The maximum absolute atomic E-state index is 10.9. The molecule has 0 aliphatic rings. The van der Waals surface area contributed by atoms with E-state index in [2.05, 4.69) is 5.10 Å². The number of nitrogens with zero attached hydrogens (tertiary/aromatic N) is 3. The molecule has 5 nitrogen and oxygen atoms in total. The van der Waals surface area contributed by atoms with Crippen molar-refractivity contribution in [1.29, 1.82) is 5.26 Å². The lowest BCUT2D eigenvalue weighted by Gasteiger charge is -1.95. The molecule has 0 amide bonds. The summed E-state index contributed by atoms with van der Waals surface area (Å²) in [6.45, 7) is -0.0625. The molecule has 0 bridgehead atoms. The van der Waals surface area contributed by atoms with Crippen molar-refractivity contribution >= 4 is 17.3 Å². The van der Waals surface area contributed by atoms with Crippen LogP contribution in [0.5, 0.6) is 0 Å². The second-order valence-electron chi connectivity index (χ2n) is 3.01. The van der Waals surface area contributed by atoms with Crippen molar-refractivity contribution in [1.82, 2.24) is 9.78 Å². The zero-order valence-electron chi connectivity index (χ0n) is 8.12. The van der Waals surface area contributed by atoms with Gasteiger partial charge in [-0.1, -0.05) is 6.07 Å². The highest BCUT2D eigenvalue weighted by atomic mass is 32.1. The Morgan fingerprint density at radius 2 is 2.50 bits per heavy atom. The topological polar surface area (TPSA) is 78.9 Å². The van der Waals surface area contributed by atoms with Gasteiger partial charge in [0, 0.05) is 0 Å². The van der Waals surface area contributed by atoms with Crippen LogP contribution in [0, 0.1) is 11.3 Å². The van der Waals surface area contributed by atoms with Gasteiger partial charge >= 0.3 is 5.97 Å². The number of aromatic carboxylic acids is 1. The van der Waals surface area contributed by atoms with Crippen molar-refractivity contribution in [3.05, 3.63) is 29.3 Å². The van der Waals surface area contributed by atoms with Gasteiger partial charge < -0.3 is 5.11 Å². The Kier molecular flexibility index (Phi) is 2.70. The summed E-state index contributed by atoms with van der Waals surface area (Å²) < 4.78 is 1.19. The third kappa shape index (κ3) is 1.81. The lowest BCUT2D eigenvalue weighted by atomic mass is 10.3. The summed E-state index contributed by atoms with van der Waals surface area (Å²) >= 11 is 1.48. The summed E-state index contributed by atoms with van der Waals surface area (Å²) in [5.41, 5.74) is 0.618. The molecule has 0 fully saturated rings. The smallest absolute Gasteiger partial charge is 0.354 e. The molecule has 2 aromatic rings. The zero-order chi connectivity index (χ0) is 11.5. The van der Waals surface area contributed by atoms with Gasteiger partial charge in [0.2, 0.25) is 0 Å². The number of thiophene rings is 1. The molecule has 0 spiro atoms. The normalized spacial score (nSPS) is 9.94. The van der Waals surface area contributed by atoms with Crippen molar-refractivity contribution < 1.29 is 9.90 Å². The standard InChI is InChI=1S/C10H7N3O2S/c11-3-4-13-8(10(14)15)6-7(12-13)9-2-1-5-16-9/h1-2,5-6H,4H2,(H,14,15). The number of carboxylic acids is 1. The molecule has 2 rings (SSSR count). The number of carbonyl (C=O) groups is 1. The Morgan fingerprint density at radius 3 is 3.06 bits per heavy atom. The highest BCUT2D eigenvalue weighted by Gasteiger charge is 2.15.